The van der Waals surface area contributed by atoms with Crippen molar-refractivity contribution in [1.29, 1.82) is 0 Å². The highest BCUT2D eigenvalue weighted by Gasteiger charge is 2.39. The first-order chi connectivity index (χ1) is 28.9. The van der Waals surface area contributed by atoms with Crippen molar-refractivity contribution < 1.29 is 54.9 Å². The van der Waals surface area contributed by atoms with Crippen molar-refractivity contribution in [3.63, 3.8) is 0 Å². The number of aliphatic carboxylic acids is 2. The van der Waals surface area contributed by atoms with Crippen LogP contribution in [-0.4, -0.2) is 73.9 Å². The van der Waals surface area contributed by atoms with Crippen LogP contribution < -0.4 is 9.47 Å². The van der Waals surface area contributed by atoms with E-state index in [4.69, 9.17) is 21.1 Å². The third-order valence-electron chi connectivity index (χ3n) is 9.43. The summed E-state index contributed by atoms with van der Waals surface area (Å²) in [5.74, 6) is -5.91. The van der Waals surface area contributed by atoms with Gasteiger partial charge in [0.25, 0.3) is 0 Å². The second kappa shape index (κ2) is 18.6. The van der Waals surface area contributed by atoms with Crippen LogP contribution >= 0.6 is 11.6 Å². The normalized spacial score (nSPS) is 12.8. The predicted octanol–water partition coefficient (Wildman–Crippen LogP) is 7.96. The molecule has 6 aromatic carbocycles. The Kier molecular flexibility index (Phi) is 13.5. The largest absolute Gasteiger partial charge is 0.478 e. The van der Waals surface area contributed by atoms with Gasteiger partial charge < -0.3 is 19.7 Å². The van der Waals surface area contributed by atoms with Crippen molar-refractivity contribution in [3.05, 3.63) is 167 Å². The Hall–Kier alpha value is -6.17. The first-order valence-corrected chi connectivity index (χ1v) is 21.5. The number of carboxylic acids is 2. The molecule has 2 N–H and O–H groups in total. The van der Waals surface area contributed by atoms with Crippen molar-refractivity contribution >= 4 is 43.6 Å². The summed E-state index contributed by atoms with van der Waals surface area (Å²) in [6, 6.07) is 32.5. The molecular weight excluding hydrogens is 854 g/mol. The van der Waals surface area contributed by atoms with E-state index >= 15 is 4.39 Å². The van der Waals surface area contributed by atoms with Gasteiger partial charge >= 0.3 is 11.9 Å². The minimum Gasteiger partial charge on any atom is -0.478 e. The lowest BCUT2D eigenvalue weighted by atomic mass is 10.0. The number of benzene rings is 6. The summed E-state index contributed by atoms with van der Waals surface area (Å²) in [5, 5.41) is 21.2. The molecule has 0 amide bonds. The zero-order valence-electron chi connectivity index (χ0n) is 32.4. The molecule has 0 radical (unpaired) electrons. The zero-order chi connectivity index (χ0) is 44.1. The Labute approximate surface area is 355 Å². The first-order valence-electron chi connectivity index (χ1n) is 18.2. The van der Waals surface area contributed by atoms with E-state index in [1.807, 2.05) is 0 Å². The number of carbonyl (C=O) groups is 2. The first kappa shape index (κ1) is 44.4. The van der Waals surface area contributed by atoms with Crippen molar-refractivity contribution in [2.24, 2.45) is 0 Å². The topological polar surface area (TPSA) is 168 Å². The van der Waals surface area contributed by atoms with Gasteiger partial charge in [-0.15, -0.1) is 0 Å². The van der Waals surface area contributed by atoms with Crippen LogP contribution in [0.3, 0.4) is 0 Å². The Morgan fingerprint density at radius 3 is 1.54 bits per heavy atom. The van der Waals surface area contributed by atoms with Gasteiger partial charge in [0.15, 0.2) is 0 Å². The van der Waals surface area contributed by atoms with E-state index in [2.05, 4.69) is 0 Å². The van der Waals surface area contributed by atoms with E-state index in [0.717, 1.165) is 26.8 Å². The van der Waals surface area contributed by atoms with Crippen LogP contribution in [0.15, 0.2) is 149 Å². The standard InChI is InChI=1S/C44H37ClF2N2O10S2/c1-48(60(54,55)33-12-5-3-6-13-33)26-28-16-20-39(35(22-28)30-10-9-11-31(45)24-30)58-41(43(50)51)42(44(52)53)59-40-21-17-29(23-37(40)36-25-32(46)18-19-38(36)47)27-49(2)61(56,57)34-14-7-4-8-15-34/h3-25,41-42H,26-27H2,1-2H3,(H,50,51)(H,52,53). The van der Waals surface area contributed by atoms with Gasteiger partial charge in [0.1, 0.15) is 23.1 Å². The summed E-state index contributed by atoms with van der Waals surface area (Å²) in [6.07, 6.45) is -4.61. The highest BCUT2D eigenvalue weighted by Crippen LogP contribution is 2.37. The Morgan fingerprint density at radius 1 is 0.590 bits per heavy atom. The molecule has 0 aliphatic heterocycles. The molecule has 12 nitrogen and oxygen atoms in total. The van der Waals surface area contributed by atoms with Gasteiger partial charge in [0.2, 0.25) is 32.3 Å². The Balaban J connectivity index is 1.37. The van der Waals surface area contributed by atoms with Gasteiger partial charge in [0, 0.05) is 48.9 Å². The molecule has 0 saturated heterocycles. The average molecular weight is 891 g/mol. The van der Waals surface area contributed by atoms with Crippen molar-refractivity contribution in [1.82, 2.24) is 8.61 Å². The summed E-state index contributed by atoms with van der Waals surface area (Å²) in [6.45, 7) is -0.390. The lowest BCUT2D eigenvalue weighted by Gasteiger charge is -2.26. The third-order valence-corrected chi connectivity index (χ3v) is 13.3. The van der Waals surface area contributed by atoms with Gasteiger partial charge in [-0.25, -0.2) is 35.2 Å². The molecule has 2 unspecified atom stereocenters. The van der Waals surface area contributed by atoms with Crippen LogP contribution in [0, 0.1) is 11.6 Å². The number of hydrogen-bond acceptors (Lipinski definition) is 8. The number of rotatable bonds is 17. The van der Waals surface area contributed by atoms with Gasteiger partial charge in [-0.1, -0.05) is 72.3 Å². The molecule has 0 aliphatic carbocycles. The molecule has 6 aromatic rings. The van der Waals surface area contributed by atoms with E-state index in [-0.39, 0.29) is 50.9 Å². The number of halogens is 3. The minimum atomic E-state index is -4.00. The van der Waals surface area contributed by atoms with Crippen LogP contribution in [0.4, 0.5) is 8.78 Å². The molecule has 0 heterocycles. The maximum absolute atomic E-state index is 15.4. The van der Waals surface area contributed by atoms with E-state index in [0.29, 0.717) is 16.1 Å². The molecule has 316 valence electrons. The number of carboxylic acid groups (broad SMARTS) is 2. The molecule has 0 bridgehead atoms. The van der Waals surface area contributed by atoms with Crippen molar-refractivity contribution in [2.75, 3.05) is 14.1 Å². The van der Waals surface area contributed by atoms with Crippen LogP contribution in [0.5, 0.6) is 11.5 Å². The van der Waals surface area contributed by atoms with Gasteiger partial charge in [-0.2, -0.15) is 8.61 Å². The number of nitrogens with zero attached hydrogens (tertiary/aromatic N) is 2. The highest BCUT2D eigenvalue weighted by molar-refractivity contribution is 7.89. The quantitative estimate of drug-likeness (QED) is 0.0917. The van der Waals surface area contributed by atoms with Crippen LogP contribution in [0.1, 0.15) is 11.1 Å². The van der Waals surface area contributed by atoms with E-state index in [9.17, 15) is 41.0 Å². The second-order valence-corrected chi connectivity index (χ2v) is 18.2. The second-order valence-electron chi connectivity index (χ2n) is 13.7. The number of hydrogen-bond donors (Lipinski definition) is 2. The fraction of sp³-hybridized carbons (Fsp3) is 0.136. The van der Waals surface area contributed by atoms with E-state index < -0.39 is 61.6 Å². The lowest BCUT2D eigenvalue weighted by Crippen LogP contribution is -2.47. The van der Waals surface area contributed by atoms with Crippen LogP contribution in [0.2, 0.25) is 5.02 Å². The molecule has 0 fully saturated rings. The molecular formula is C44H37ClF2N2O10S2. The van der Waals surface area contributed by atoms with Crippen molar-refractivity contribution in [3.8, 4) is 33.8 Å². The summed E-state index contributed by atoms with van der Waals surface area (Å²) < 4.78 is 97.1. The zero-order valence-corrected chi connectivity index (χ0v) is 34.7. The Morgan fingerprint density at radius 2 is 1.07 bits per heavy atom. The summed E-state index contributed by atoms with van der Waals surface area (Å²) >= 11 is 6.31. The third kappa shape index (κ3) is 10.2. The Bertz CT molecular complexity index is 2800. The molecule has 0 aromatic heterocycles. The summed E-state index contributed by atoms with van der Waals surface area (Å²) in [7, 11) is -5.21. The minimum absolute atomic E-state index is 0.00867. The molecule has 17 heteroatoms. The summed E-state index contributed by atoms with van der Waals surface area (Å²) in [4.78, 5) is 25.9. The molecule has 0 saturated carbocycles. The van der Waals surface area contributed by atoms with E-state index in [1.165, 1.54) is 68.7 Å². The van der Waals surface area contributed by atoms with Crippen molar-refractivity contribution in [2.45, 2.75) is 35.1 Å². The lowest BCUT2D eigenvalue weighted by molar-refractivity contribution is -0.161. The smallest absolute Gasteiger partial charge is 0.349 e. The molecule has 0 aliphatic rings. The maximum Gasteiger partial charge on any atom is 0.349 e. The van der Waals surface area contributed by atoms with Gasteiger partial charge in [0.05, 0.1) is 9.79 Å². The average Bonchev–Trinajstić information content (AvgIpc) is 3.24. The molecule has 6 rings (SSSR count). The molecule has 0 spiro atoms. The highest BCUT2D eigenvalue weighted by atomic mass is 35.5. The van der Waals surface area contributed by atoms with Crippen LogP contribution in [0.25, 0.3) is 22.3 Å². The van der Waals surface area contributed by atoms with Gasteiger partial charge in [-0.05, 0) is 95.6 Å². The van der Waals surface area contributed by atoms with Crippen LogP contribution in [-0.2, 0) is 42.7 Å². The fourth-order valence-corrected chi connectivity index (χ4v) is 8.89. The summed E-state index contributed by atoms with van der Waals surface area (Å²) in [5.41, 5.74) is 0.746. The van der Waals surface area contributed by atoms with E-state index in [1.54, 1.807) is 66.7 Å². The fourth-order valence-electron chi connectivity index (χ4n) is 6.34. The monoisotopic (exact) mass is 890 g/mol. The maximum atomic E-state index is 15.4. The number of ether oxygens (including phenoxy) is 2. The SMILES string of the molecule is CN(Cc1ccc(OC(C(=O)O)C(Oc2ccc(CN(C)S(=O)(=O)c3ccccc3)cc2-c2cc(F)ccc2F)C(=O)O)c(-c2cccc(Cl)c2)c1)S(=O)(=O)c1ccccc1. The molecule has 61 heavy (non-hydrogen) atoms. The predicted molar refractivity (Wildman–Crippen MR) is 223 cm³/mol. The van der Waals surface area contributed by atoms with Gasteiger partial charge in [-0.3, -0.25) is 0 Å². The molecule has 2 atom stereocenters. The number of sulfonamides is 2.